The Balaban J connectivity index is 1.51. The highest BCUT2D eigenvalue weighted by atomic mass is 35.5. The lowest BCUT2D eigenvalue weighted by Crippen LogP contribution is -2.12. The van der Waals surface area contributed by atoms with Gasteiger partial charge in [0.05, 0.1) is 10.7 Å². The molecule has 0 fully saturated rings. The van der Waals surface area contributed by atoms with E-state index in [1.54, 1.807) is 0 Å². The van der Waals surface area contributed by atoms with Crippen molar-refractivity contribution in [2.75, 3.05) is 18.5 Å². The molecule has 0 aliphatic carbocycles. The highest BCUT2D eigenvalue weighted by molar-refractivity contribution is 6.32. The van der Waals surface area contributed by atoms with E-state index in [4.69, 9.17) is 21.1 Å². The van der Waals surface area contributed by atoms with Crippen LogP contribution in [0.3, 0.4) is 0 Å². The van der Waals surface area contributed by atoms with Crippen molar-refractivity contribution in [2.24, 2.45) is 0 Å². The number of anilines is 1. The molecule has 3 nitrogen and oxygen atoms in total. The zero-order valence-corrected chi connectivity index (χ0v) is 14.6. The number of benzene rings is 3. The molecule has 128 valence electrons. The second-order valence-corrected chi connectivity index (χ2v) is 5.88. The van der Waals surface area contributed by atoms with E-state index in [0.717, 1.165) is 17.0 Å². The van der Waals surface area contributed by atoms with Gasteiger partial charge in [-0.05, 0) is 29.8 Å². The van der Waals surface area contributed by atoms with Crippen LogP contribution in [0, 0.1) is 0 Å². The van der Waals surface area contributed by atoms with Crippen LogP contribution in [-0.4, -0.2) is 13.2 Å². The van der Waals surface area contributed by atoms with Gasteiger partial charge in [0.25, 0.3) is 0 Å². The molecule has 3 rings (SSSR count). The molecule has 0 aliphatic heterocycles. The molecule has 3 aromatic carbocycles. The molecular formula is C21H20ClNO2. The molecule has 4 heteroatoms. The summed E-state index contributed by atoms with van der Waals surface area (Å²) in [5.41, 5.74) is 2.08. The molecule has 0 bridgehead atoms. The summed E-state index contributed by atoms with van der Waals surface area (Å²) in [7, 11) is 0. The number of ether oxygens (including phenoxy) is 2. The normalized spacial score (nSPS) is 10.3. The number of rotatable bonds is 8. The Kier molecular flexibility index (Phi) is 6.18. The number of nitrogens with one attached hydrogen (secondary N) is 1. The van der Waals surface area contributed by atoms with Crippen molar-refractivity contribution in [3.8, 4) is 11.5 Å². The molecule has 1 N–H and O–H groups in total. The molecule has 0 amide bonds. The van der Waals surface area contributed by atoms with Crippen molar-refractivity contribution < 1.29 is 9.47 Å². The van der Waals surface area contributed by atoms with E-state index < -0.39 is 0 Å². The third-order valence-electron chi connectivity index (χ3n) is 3.64. The second-order valence-electron chi connectivity index (χ2n) is 5.48. The fourth-order valence-corrected chi connectivity index (χ4v) is 2.57. The third kappa shape index (κ3) is 5.16. The van der Waals surface area contributed by atoms with Crippen LogP contribution in [-0.2, 0) is 6.61 Å². The van der Waals surface area contributed by atoms with Crippen LogP contribution in [0.5, 0.6) is 11.5 Å². The van der Waals surface area contributed by atoms with Crippen molar-refractivity contribution in [1.82, 2.24) is 0 Å². The van der Waals surface area contributed by atoms with Gasteiger partial charge < -0.3 is 14.8 Å². The van der Waals surface area contributed by atoms with E-state index in [9.17, 15) is 0 Å². The first-order chi connectivity index (χ1) is 12.3. The summed E-state index contributed by atoms with van der Waals surface area (Å²) in [6, 6.07) is 25.5. The van der Waals surface area contributed by atoms with Gasteiger partial charge in [-0.25, -0.2) is 0 Å². The molecular weight excluding hydrogens is 334 g/mol. The highest BCUT2D eigenvalue weighted by Crippen LogP contribution is 2.25. The largest absolute Gasteiger partial charge is 0.490 e. The lowest BCUT2D eigenvalue weighted by Gasteiger charge is -2.14. The predicted molar refractivity (Wildman–Crippen MR) is 103 cm³/mol. The summed E-state index contributed by atoms with van der Waals surface area (Å²) in [4.78, 5) is 0. The van der Waals surface area contributed by atoms with Crippen molar-refractivity contribution in [3.63, 3.8) is 0 Å². The lowest BCUT2D eigenvalue weighted by molar-refractivity contribution is 0.306. The zero-order valence-electron chi connectivity index (χ0n) is 13.8. The average molecular weight is 354 g/mol. The monoisotopic (exact) mass is 353 g/mol. The SMILES string of the molecule is Clc1ccccc1OCCNc1ccccc1OCc1ccccc1. The maximum Gasteiger partial charge on any atom is 0.142 e. The third-order valence-corrected chi connectivity index (χ3v) is 3.95. The first kappa shape index (κ1) is 17.2. The molecule has 0 saturated heterocycles. The molecule has 0 spiro atoms. The van der Waals surface area contributed by atoms with Crippen LogP contribution in [0.25, 0.3) is 0 Å². The molecule has 0 heterocycles. The van der Waals surface area contributed by atoms with E-state index >= 15 is 0 Å². The average Bonchev–Trinajstić information content (AvgIpc) is 2.66. The van der Waals surface area contributed by atoms with Gasteiger partial charge in [-0.2, -0.15) is 0 Å². The minimum atomic E-state index is 0.511. The molecule has 25 heavy (non-hydrogen) atoms. The van der Waals surface area contributed by atoms with Crippen LogP contribution in [0.4, 0.5) is 5.69 Å². The van der Waals surface area contributed by atoms with E-state index in [-0.39, 0.29) is 0 Å². The first-order valence-corrected chi connectivity index (χ1v) is 8.58. The van der Waals surface area contributed by atoms with Crippen LogP contribution in [0.2, 0.25) is 5.02 Å². The summed E-state index contributed by atoms with van der Waals surface area (Å²) in [6.07, 6.45) is 0. The topological polar surface area (TPSA) is 30.5 Å². The van der Waals surface area contributed by atoms with Gasteiger partial charge in [0.1, 0.15) is 24.7 Å². The standard InChI is InChI=1S/C21H20ClNO2/c22-18-10-4-6-12-20(18)24-15-14-23-19-11-5-7-13-21(19)25-16-17-8-2-1-3-9-17/h1-13,23H,14-16H2. The van der Waals surface area contributed by atoms with Crippen LogP contribution in [0.1, 0.15) is 5.56 Å². The van der Waals surface area contributed by atoms with Gasteiger partial charge in [-0.15, -0.1) is 0 Å². The smallest absolute Gasteiger partial charge is 0.142 e. The van der Waals surface area contributed by atoms with E-state index in [1.165, 1.54) is 0 Å². The summed E-state index contributed by atoms with van der Waals surface area (Å²) >= 11 is 6.08. The number of hydrogen-bond acceptors (Lipinski definition) is 3. The quantitative estimate of drug-likeness (QED) is 0.549. The molecule has 0 unspecified atom stereocenters. The van der Waals surface area contributed by atoms with E-state index in [2.05, 4.69) is 5.32 Å². The number of para-hydroxylation sites is 3. The van der Waals surface area contributed by atoms with Gasteiger partial charge in [-0.1, -0.05) is 66.2 Å². The van der Waals surface area contributed by atoms with Crippen molar-refractivity contribution in [2.45, 2.75) is 6.61 Å². The molecule has 0 aromatic heterocycles. The Hall–Kier alpha value is -2.65. The zero-order chi connectivity index (χ0) is 17.3. The van der Waals surface area contributed by atoms with E-state index in [1.807, 2.05) is 78.9 Å². The van der Waals surface area contributed by atoms with Crippen LogP contribution in [0.15, 0.2) is 78.9 Å². The Morgan fingerprint density at radius 3 is 2.20 bits per heavy atom. The number of hydrogen-bond donors (Lipinski definition) is 1. The van der Waals surface area contributed by atoms with Gasteiger partial charge in [0.2, 0.25) is 0 Å². The first-order valence-electron chi connectivity index (χ1n) is 8.20. The Morgan fingerprint density at radius 2 is 1.40 bits per heavy atom. The van der Waals surface area contributed by atoms with Crippen molar-refractivity contribution in [1.29, 1.82) is 0 Å². The van der Waals surface area contributed by atoms with Gasteiger partial charge >= 0.3 is 0 Å². The molecule has 3 aromatic rings. The van der Waals surface area contributed by atoms with Crippen LogP contribution < -0.4 is 14.8 Å². The maximum atomic E-state index is 6.08. The Bertz CT molecular complexity index is 793. The highest BCUT2D eigenvalue weighted by Gasteiger charge is 2.04. The van der Waals surface area contributed by atoms with Crippen LogP contribution >= 0.6 is 11.6 Å². The lowest BCUT2D eigenvalue weighted by atomic mass is 10.2. The van der Waals surface area contributed by atoms with Crippen molar-refractivity contribution in [3.05, 3.63) is 89.4 Å². The molecule has 0 atom stereocenters. The molecule has 0 aliphatic rings. The fraction of sp³-hybridized carbons (Fsp3) is 0.143. The minimum Gasteiger partial charge on any atom is -0.490 e. The summed E-state index contributed by atoms with van der Waals surface area (Å²) in [6.45, 7) is 1.70. The predicted octanol–water partition coefficient (Wildman–Crippen LogP) is 5.41. The molecule has 0 saturated carbocycles. The van der Waals surface area contributed by atoms with Gasteiger partial charge in [0, 0.05) is 6.54 Å². The minimum absolute atomic E-state index is 0.511. The summed E-state index contributed by atoms with van der Waals surface area (Å²) in [5.74, 6) is 1.52. The number of halogens is 1. The Labute approximate surface area is 153 Å². The van der Waals surface area contributed by atoms with Crippen molar-refractivity contribution >= 4 is 17.3 Å². The summed E-state index contributed by atoms with van der Waals surface area (Å²) < 4.78 is 11.6. The molecule has 0 radical (unpaired) electrons. The van der Waals surface area contributed by atoms with Gasteiger partial charge in [0.15, 0.2) is 0 Å². The Morgan fingerprint density at radius 1 is 0.720 bits per heavy atom. The second kappa shape index (κ2) is 9.00. The summed E-state index contributed by atoms with van der Waals surface area (Å²) in [5, 5.41) is 3.97. The van der Waals surface area contributed by atoms with E-state index in [0.29, 0.717) is 30.5 Å². The maximum absolute atomic E-state index is 6.08. The van der Waals surface area contributed by atoms with Gasteiger partial charge in [-0.3, -0.25) is 0 Å². The fourth-order valence-electron chi connectivity index (χ4n) is 2.38.